The molecule has 152 valence electrons. The number of furan rings is 1. The molecule has 2 aromatic heterocycles. The SMILES string of the molecule is Cc1occc1-c1nnc(S[C@H](C)C(=O)c2ccc(NC(=O)C(C)(C)C)cc2)o1. The predicted octanol–water partition coefficient (Wildman–Crippen LogP) is 4.99. The molecule has 1 atom stereocenters. The van der Waals surface area contributed by atoms with E-state index in [1.54, 1.807) is 43.5 Å². The van der Waals surface area contributed by atoms with E-state index in [0.29, 0.717) is 28.1 Å². The van der Waals surface area contributed by atoms with Crippen molar-refractivity contribution in [1.29, 1.82) is 0 Å². The number of nitrogens with zero attached hydrogens (tertiary/aromatic N) is 2. The Kier molecular flexibility index (Phi) is 5.93. The van der Waals surface area contributed by atoms with E-state index < -0.39 is 10.7 Å². The van der Waals surface area contributed by atoms with Gasteiger partial charge in [-0.2, -0.15) is 0 Å². The van der Waals surface area contributed by atoms with Gasteiger partial charge in [0.2, 0.25) is 5.91 Å². The van der Waals surface area contributed by atoms with Gasteiger partial charge in [-0.05, 0) is 44.2 Å². The molecule has 29 heavy (non-hydrogen) atoms. The fourth-order valence-corrected chi connectivity index (χ4v) is 3.21. The molecule has 0 aliphatic carbocycles. The van der Waals surface area contributed by atoms with Gasteiger partial charge >= 0.3 is 0 Å². The summed E-state index contributed by atoms with van der Waals surface area (Å²) in [5.74, 6) is 0.897. The lowest BCUT2D eigenvalue weighted by atomic mass is 9.95. The number of hydrogen-bond donors (Lipinski definition) is 1. The first kappa shape index (κ1) is 20.9. The van der Waals surface area contributed by atoms with Crippen molar-refractivity contribution in [2.24, 2.45) is 5.41 Å². The van der Waals surface area contributed by atoms with Crippen molar-refractivity contribution in [2.45, 2.75) is 45.1 Å². The molecule has 1 aromatic carbocycles. The number of aromatic nitrogens is 2. The van der Waals surface area contributed by atoms with E-state index >= 15 is 0 Å². The number of anilines is 1. The minimum atomic E-state index is -0.489. The first-order chi connectivity index (χ1) is 13.6. The summed E-state index contributed by atoms with van der Waals surface area (Å²) in [7, 11) is 0. The molecule has 7 nitrogen and oxygen atoms in total. The van der Waals surface area contributed by atoms with Crippen LogP contribution in [0, 0.1) is 12.3 Å². The molecular formula is C21H23N3O4S. The zero-order valence-electron chi connectivity index (χ0n) is 17.0. The van der Waals surface area contributed by atoms with Crippen LogP contribution >= 0.6 is 11.8 Å². The molecule has 3 rings (SSSR count). The average Bonchev–Trinajstić information content (AvgIpc) is 3.29. The molecule has 0 spiro atoms. The van der Waals surface area contributed by atoms with Gasteiger partial charge in [0.15, 0.2) is 5.78 Å². The van der Waals surface area contributed by atoms with Crippen LogP contribution in [0.4, 0.5) is 5.69 Å². The highest BCUT2D eigenvalue weighted by Crippen LogP contribution is 2.29. The third kappa shape index (κ3) is 4.95. The monoisotopic (exact) mass is 413 g/mol. The molecule has 0 saturated heterocycles. The van der Waals surface area contributed by atoms with Crippen molar-refractivity contribution in [3.05, 3.63) is 47.9 Å². The predicted molar refractivity (Wildman–Crippen MR) is 111 cm³/mol. The minimum Gasteiger partial charge on any atom is -0.469 e. The van der Waals surface area contributed by atoms with Crippen LogP contribution in [0.3, 0.4) is 0 Å². The zero-order chi connectivity index (χ0) is 21.2. The van der Waals surface area contributed by atoms with Gasteiger partial charge in [0.25, 0.3) is 11.1 Å². The smallest absolute Gasteiger partial charge is 0.277 e. The Morgan fingerprint density at radius 1 is 1.10 bits per heavy atom. The molecule has 0 saturated carbocycles. The number of Topliss-reactive ketones (excluding diaryl/α,β-unsaturated/α-hetero) is 1. The van der Waals surface area contributed by atoms with E-state index in [2.05, 4.69) is 15.5 Å². The van der Waals surface area contributed by atoms with Crippen LogP contribution in [0.2, 0.25) is 0 Å². The van der Waals surface area contributed by atoms with Crippen LogP contribution in [-0.4, -0.2) is 27.1 Å². The fourth-order valence-electron chi connectivity index (χ4n) is 2.45. The van der Waals surface area contributed by atoms with Gasteiger partial charge in [-0.3, -0.25) is 9.59 Å². The Hall–Kier alpha value is -2.87. The summed E-state index contributed by atoms with van der Waals surface area (Å²) >= 11 is 1.20. The number of aryl methyl sites for hydroxylation is 1. The van der Waals surface area contributed by atoms with Gasteiger partial charge in [0.1, 0.15) is 5.76 Å². The standard InChI is InChI=1S/C21H23N3O4S/c1-12-16(10-11-27-12)18-23-24-20(28-18)29-13(2)17(25)14-6-8-15(9-7-14)22-19(26)21(3,4)5/h6-11,13H,1-5H3,(H,22,26)/t13-/m1/s1. The lowest BCUT2D eigenvalue weighted by Crippen LogP contribution is -2.27. The highest BCUT2D eigenvalue weighted by molar-refractivity contribution is 8.00. The molecule has 0 bridgehead atoms. The maximum absolute atomic E-state index is 12.7. The van der Waals surface area contributed by atoms with Gasteiger partial charge in [-0.1, -0.05) is 32.5 Å². The molecule has 1 N–H and O–H groups in total. The van der Waals surface area contributed by atoms with Gasteiger partial charge in [-0.15, -0.1) is 10.2 Å². The van der Waals surface area contributed by atoms with E-state index in [9.17, 15) is 9.59 Å². The molecular weight excluding hydrogens is 390 g/mol. The highest BCUT2D eigenvalue weighted by Gasteiger charge is 2.23. The molecule has 0 radical (unpaired) electrons. The number of carbonyl (C=O) groups excluding carboxylic acids is 2. The number of benzene rings is 1. The Morgan fingerprint density at radius 3 is 2.38 bits per heavy atom. The Balaban J connectivity index is 1.64. The van der Waals surface area contributed by atoms with Crippen molar-refractivity contribution in [1.82, 2.24) is 10.2 Å². The van der Waals surface area contributed by atoms with Crippen LogP contribution in [-0.2, 0) is 4.79 Å². The summed E-state index contributed by atoms with van der Waals surface area (Å²) in [4.78, 5) is 24.8. The lowest BCUT2D eigenvalue weighted by Gasteiger charge is -2.17. The summed E-state index contributed by atoms with van der Waals surface area (Å²) in [5, 5.41) is 10.8. The molecule has 0 aliphatic heterocycles. The largest absolute Gasteiger partial charge is 0.469 e. The lowest BCUT2D eigenvalue weighted by molar-refractivity contribution is -0.123. The number of ketones is 1. The maximum Gasteiger partial charge on any atom is 0.277 e. The van der Waals surface area contributed by atoms with Crippen molar-refractivity contribution in [2.75, 3.05) is 5.32 Å². The zero-order valence-corrected chi connectivity index (χ0v) is 17.8. The Bertz CT molecular complexity index is 1020. The van der Waals surface area contributed by atoms with Gasteiger partial charge < -0.3 is 14.2 Å². The van der Waals surface area contributed by atoms with Crippen LogP contribution in [0.25, 0.3) is 11.5 Å². The second-order valence-corrected chi connectivity index (χ2v) is 8.96. The second kappa shape index (κ2) is 8.24. The van der Waals surface area contributed by atoms with E-state index in [0.717, 1.165) is 5.56 Å². The van der Waals surface area contributed by atoms with E-state index in [-0.39, 0.29) is 11.7 Å². The first-order valence-corrected chi connectivity index (χ1v) is 10.0. The number of hydrogen-bond acceptors (Lipinski definition) is 7. The highest BCUT2D eigenvalue weighted by atomic mass is 32.2. The number of carbonyl (C=O) groups is 2. The summed E-state index contributed by atoms with van der Waals surface area (Å²) in [6.07, 6.45) is 1.56. The topological polar surface area (TPSA) is 98.2 Å². The van der Waals surface area contributed by atoms with Gasteiger partial charge in [0.05, 0.1) is 17.1 Å². The van der Waals surface area contributed by atoms with E-state index in [4.69, 9.17) is 8.83 Å². The molecule has 0 aliphatic rings. The first-order valence-electron chi connectivity index (χ1n) is 9.15. The molecule has 1 amide bonds. The van der Waals surface area contributed by atoms with Crippen LogP contribution in [0.5, 0.6) is 0 Å². The maximum atomic E-state index is 12.7. The number of nitrogens with one attached hydrogen (secondary N) is 1. The molecule has 3 aromatic rings. The summed E-state index contributed by atoms with van der Waals surface area (Å²) in [6, 6.07) is 8.60. The van der Waals surface area contributed by atoms with Crippen LogP contribution in [0.1, 0.15) is 43.8 Å². The normalized spacial score (nSPS) is 12.6. The van der Waals surface area contributed by atoms with Crippen LogP contribution < -0.4 is 5.32 Å². The fraction of sp³-hybridized carbons (Fsp3) is 0.333. The van der Waals surface area contributed by atoms with E-state index in [1.165, 1.54) is 11.8 Å². The van der Waals surface area contributed by atoms with Crippen molar-refractivity contribution in [3.63, 3.8) is 0 Å². The number of rotatable bonds is 6. The average molecular weight is 413 g/mol. The third-order valence-electron chi connectivity index (χ3n) is 4.25. The summed E-state index contributed by atoms with van der Waals surface area (Å²) in [6.45, 7) is 9.13. The second-order valence-electron chi connectivity index (χ2n) is 7.67. The number of amides is 1. The Labute approximate surface area is 173 Å². The van der Waals surface area contributed by atoms with E-state index in [1.807, 2.05) is 27.7 Å². The third-order valence-corrected chi connectivity index (χ3v) is 5.19. The van der Waals surface area contributed by atoms with Gasteiger partial charge in [-0.25, -0.2) is 0 Å². The van der Waals surface area contributed by atoms with Crippen molar-refractivity contribution < 1.29 is 18.4 Å². The Morgan fingerprint density at radius 2 is 1.79 bits per heavy atom. The van der Waals surface area contributed by atoms with Gasteiger partial charge in [0, 0.05) is 16.7 Å². The minimum absolute atomic E-state index is 0.0667. The summed E-state index contributed by atoms with van der Waals surface area (Å²) in [5.41, 5.74) is 1.44. The molecule has 2 heterocycles. The van der Waals surface area contributed by atoms with Crippen molar-refractivity contribution in [3.8, 4) is 11.5 Å². The quantitative estimate of drug-likeness (QED) is 0.449. The molecule has 8 heteroatoms. The molecule has 0 fully saturated rings. The van der Waals surface area contributed by atoms with Crippen molar-refractivity contribution >= 4 is 29.1 Å². The van der Waals surface area contributed by atoms with Crippen LogP contribution in [0.15, 0.2) is 50.7 Å². The number of thioether (sulfide) groups is 1. The summed E-state index contributed by atoms with van der Waals surface area (Å²) < 4.78 is 10.9. The molecule has 0 unspecified atom stereocenters.